The predicted octanol–water partition coefficient (Wildman–Crippen LogP) is 1.49. The number of hydrogen-bond donors (Lipinski definition) is 1. The van der Waals surface area contributed by atoms with E-state index in [9.17, 15) is 4.79 Å². The van der Waals surface area contributed by atoms with Crippen molar-refractivity contribution in [3.63, 3.8) is 0 Å². The number of nitrogens with one attached hydrogen (secondary N) is 1. The van der Waals surface area contributed by atoms with Crippen LogP contribution in [0.25, 0.3) is 5.69 Å². The van der Waals surface area contributed by atoms with Gasteiger partial charge in [-0.3, -0.25) is 4.79 Å². The Bertz CT molecular complexity index is 557. The smallest absolute Gasteiger partial charge is 0.291 e. The Hall–Kier alpha value is -2.43. The van der Waals surface area contributed by atoms with E-state index in [1.807, 2.05) is 31.2 Å². The first kappa shape index (κ1) is 12.0. The fourth-order valence-corrected chi connectivity index (χ4v) is 1.43. The summed E-state index contributed by atoms with van der Waals surface area (Å²) in [4.78, 5) is 15.6. The van der Waals surface area contributed by atoms with E-state index in [4.69, 9.17) is 0 Å². The van der Waals surface area contributed by atoms with E-state index in [0.29, 0.717) is 6.54 Å². The molecular weight excluding hydrogens is 228 g/mol. The van der Waals surface area contributed by atoms with Crippen molar-refractivity contribution in [1.82, 2.24) is 20.1 Å². The Balaban J connectivity index is 2.17. The molecule has 1 aromatic carbocycles. The van der Waals surface area contributed by atoms with Crippen molar-refractivity contribution in [3.8, 4) is 5.69 Å². The van der Waals surface area contributed by atoms with Crippen molar-refractivity contribution in [2.45, 2.75) is 6.92 Å². The quantitative estimate of drug-likeness (QED) is 0.826. The van der Waals surface area contributed by atoms with Crippen molar-refractivity contribution >= 4 is 5.91 Å². The summed E-state index contributed by atoms with van der Waals surface area (Å²) in [7, 11) is 0. The molecule has 1 aromatic heterocycles. The minimum atomic E-state index is -0.305. The van der Waals surface area contributed by atoms with Crippen LogP contribution in [-0.2, 0) is 0 Å². The van der Waals surface area contributed by atoms with Gasteiger partial charge in [-0.1, -0.05) is 23.8 Å². The lowest BCUT2D eigenvalue weighted by Gasteiger charge is -2.00. The molecule has 0 saturated heterocycles. The number of carbonyl (C=O) groups excluding carboxylic acids is 1. The van der Waals surface area contributed by atoms with Gasteiger partial charge in [0.25, 0.3) is 5.91 Å². The van der Waals surface area contributed by atoms with Crippen molar-refractivity contribution < 1.29 is 4.79 Å². The van der Waals surface area contributed by atoms with Gasteiger partial charge in [0, 0.05) is 6.54 Å². The minimum absolute atomic E-state index is 0.150. The van der Waals surface area contributed by atoms with Gasteiger partial charge < -0.3 is 5.32 Å². The molecule has 18 heavy (non-hydrogen) atoms. The molecule has 0 spiro atoms. The van der Waals surface area contributed by atoms with Crippen LogP contribution in [0.15, 0.2) is 43.2 Å². The maximum atomic E-state index is 11.6. The highest BCUT2D eigenvalue weighted by molar-refractivity contribution is 5.90. The largest absolute Gasteiger partial charge is 0.346 e. The fourth-order valence-electron chi connectivity index (χ4n) is 1.43. The monoisotopic (exact) mass is 242 g/mol. The second-order valence-corrected chi connectivity index (χ2v) is 3.85. The van der Waals surface area contributed by atoms with Gasteiger partial charge in [-0.15, -0.1) is 11.7 Å². The molecule has 2 rings (SSSR count). The molecule has 0 aliphatic heterocycles. The molecular formula is C13H14N4O. The van der Waals surface area contributed by atoms with Gasteiger partial charge in [-0.2, -0.15) is 0 Å². The Morgan fingerprint density at radius 2 is 2.17 bits per heavy atom. The summed E-state index contributed by atoms with van der Waals surface area (Å²) in [5.41, 5.74) is 2.04. The Kier molecular flexibility index (Phi) is 3.52. The van der Waals surface area contributed by atoms with Gasteiger partial charge >= 0.3 is 0 Å². The van der Waals surface area contributed by atoms with Crippen molar-refractivity contribution in [2.75, 3.05) is 6.54 Å². The van der Waals surface area contributed by atoms with Gasteiger partial charge in [0.15, 0.2) is 0 Å². The predicted molar refractivity (Wildman–Crippen MR) is 68.6 cm³/mol. The maximum Gasteiger partial charge on any atom is 0.291 e. The summed E-state index contributed by atoms with van der Waals surface area (Å²) in [6.45, 7) is 5.94. The van der Waals surface area contributed by atoms with Crippen LogP contribution in [0, 0.1) is 6.92 Å². The van der Waals surface area contributed by atoms with E-state index in [1.165, 1.54) is 11.9 Å². The lowest BCUT2D eigenvalue weighted by atomic mass is 10.2. The molecule has 1 N–H and O–H groups in total. The first-order valence-electron chi connectivity index (χ1n) is 5.58. The van der Waals surface area contributed by atoms with E-state index >= 15 is 0 Å². The number of benzene rings is 1. The van der Waals surface area contributed by atoms with Gasteiger partial charge in [-0.25, -0.2) is 9.67 Å². The third kappa shape index (κ3) is 2.63. The third-order valence-electron chi connectivity index (χ3n) is 2.40. The average Bonchev–Trinajstić information content (AvgIpc) is 2.86. The SMILES string of the molecule is C=CCNC(=O)c1ncn(-c2ccc(C)cc2)n1. The molecule has 0 bridgehead atoms. The lowest BCUT2D eigenvalue weighted by Crippen LogP contribution is -2.24. The summed E-state index contributed by atoms with van der Waals surface area (Å²) < 4.78 is 1.57. The molecule has 0 radical (unpaired) electrons. The third-order valence-corrected chi connectivity index (χ3v) is 2.40. The van der Waals surface area contributed by atoms with Gasteiger partial charge in [-0.05, 0) is 19.1 Å². The Morgan fingerprint density at radius 1 is 1.44 bits per heavy atom. The second-order valence-electron chi connectivity index (χ2n) is 3.85. The first-order chi connectivity index (χ1) is 8.70. The van der Waals surface area contributed by atoms with Crippen molar-refractivity contribution in [1.29, 1.82) is 0 Å². The second kappa shape index (κ2) is 5.27. The van der Waals surface area contributed by atoms with E-state index in [0.717, 1.165) is 5.69 Å². The van der Waals surface area contributed by atoms with Crippen LogP contribution in [-0.4, -0.2) is 27.2 Å². The fraction of sp³-hybridized carbons (Fsp3) is 0.154. The molecule has 1 heterocycles. The van der Waals surface area contributed by atoms with Crippen molar-refractivity contribution in [3.05, 3.63) is 54.6 Å². The summed E-state index contributed by atoms with van der Waals surface area (Å²) in [5, 5.41) is 6.75. The highest BCUT2D eigenvalue weighted by Gasteiger charge is 2.10. The van der Waals surface area contributed by atoms with Crippen LogP contribution >= 0.6 is 0 Å². The zero-order valence-corrected chi connectivity index (χ0v) is 10.1. The summed E-state index contributed by atoms with van der Waals surface area (Å²) >= 11 is 0. The van der Waals surface area contributed by atoms with Crippen LogP contribution in [0.3, 0.4) is 0 Å². The van der Waals surface area contributed by atoms with Crippen LogP contribution < -0.4 is 5.32 Å². The molecule has 0 unspecified atom stereocenters. The van der Waals surface area contributed by atoms with Gasteiger partial charge in [0.05, 0.1) is 5.69 Å². The molecule has 0 aliphatic carbocycles. The van der Waals surface area contributed by atoms with E-state index in [-0.39, 0.29) is 11.7 Å². The van der Waals surface area contributed by atoms with Gasteiger partial charge in [0.1, 0.15) is 6.33 Å². The highest BCUT2D eigenvalue weighted by atomic mass is 16.2. The number of carbonyl (C=O) groups is 1. The topological polar surface area (TPSA) is 59.8 Å². The molecule has 0 atom stereocenters. The van der Waals surface area contributed by atoms with Crippen LogP contribution in [0.5, 0.6) is 0 Å². The van der Waals surface area contributed by atoms with Crippen LogP contribution in [0.4, 0.5) is 0 Å². The molecule has 5 heteroatoms. The number of aryl methyl sites for hydroxylation is 1. The number of aromatic nitrogens is 3. The molecule has 0 fully saturated rings. The molecule has 5 nitrogen and oxygen atoms in total. The molecule has 0 saturated carbocycles. The maximum absolute atomic E-state index is 11.6. The van der Waals surface area contributed by atoms with Gasteiger partial charge in [0.2, 0.25) is 5.82 Å². The number of amides is 1. The molecule has 92 valence electrons. The van der Waals surface area contributed by atoms with E-state index < -0.39 is 0 Å². The number of rotatable bonds is 4. The summed E-state index contributed by atoms with van der Waals surface area (Å²) in [6, 6.07) is 7.81. The summed E-state index contributed by atoms with van der Waals surface area (Å²) in [6.07, 6.45) is 3.13. The Labute approximate surface area is 105 Å². The molecule has 1 amide bonds. The van der Waals surface area contributed by atoms with E-state index in [1.54, 1.807) is 10.8 Å². The normalized spacial score (nSPS) is 10.1. The Morgan fingerprint density at radius 3 is 2.83 bits per heavy atom. The van der Waals surface area contributed by atoms with Crippen LogP contribution in [0.1, 0.15) is 16.2 Å². The highest BCUT2D eigenvalue weighted by Crippen LogP contribution is 2.07. The van der Waals surface area contributed by atoms with Crippen LogP contribution in [0.2, 0.25) is 0 Å². The van der Waals surface area contributed by atoms with E-state index in [2.05, 4.69) is 22.0 Å². The number of hydrogen-bond acceptors (Lipinski definition) is 3. The zero-order chi connectivity index (χ0) is 13.0. The zero-order valence-electron chi connectivity index (χ0n) is 10.1. The van der Waals surface area contributed by atoms with Crippen molar-refractivity contribution in [2.24, 2.45) is 0 Å². The summed E-state index contributed by atoms with van der Waals surface area (Å²) in [5.74, 6) is -0.154. The minimum Gasteiger partial charge on any atom is -0.346 e. The number of nitrogens with zero attached hydrogens (tertiary/aromatic N) is 3. The lowest BCUT2D eigenvalue weighted by molar-refractivity contribution is 0.0948. The molecule has 0 aliphatic rings. The average molecular weight is 242 g/mol. The first-order valence-corrected chi connectivity index (χ1v) is 5.58. The molecule has 2 aromatic rings. The standard InChI is InChI=1S/C13H14N4O/c1-3-8-14-13(18)12-15-9-17(16-12)11-6-4-10(2)5-7-11/h3-7,9H,1,8H2,2H3,(H,14,18).